The number of carbonyl (C=O) groups excluding carboxylic acids is 1. The van der Waals surface area contributed by atoms with Crippen molar-refractivity contribution >= 4 is 22.7 Å². The Bertz CT molecular complexity index is 967. The highest BCUT2D eigenvalue weighted by molar-refractivity contribution is 5.97. The van der Waals surface area contributed by atoms with Crippen molar-refractivity contribution in [2.75, 3.05) is 19.5 Å². The van der Waals surface area contributed by atoms with E-state index in [0.717, 1.165) is 12.8 Å². The number of fused-ring (bicyclic) bond motifs is 1. The fourth-order valence-corrected chi connectivity index (χ4v) is 2.60. The number of primary amides is 1. The summed E-state index contributed by atoms with van der Waals surface area (Å²) in [4.78, 5) is 11.8. The Morgan fingerprint density at radius 2 is 2.04 bits per heavy atom. The molecule has 0 aliphatic rings. The highest BCUT2D eigenvalue weighted by Gasteiger charge is 2.21. The van der Waals surface area contributed by atoms with Crippen LogP contribution in [-0.4, -0.2) is 24.8 Å². The normalized spacial score (nSPS) is 10.7. The van der Waals surface area contributed by atoms with Gasteiger partial charge >= 0.3 is 0 Å². The highest BCUT2D eigenvalue weighted by Crippen LogP contribution is 2.42. The van der Waals surface area contributed by atoms with Crippen LogP contribution in [0.5, 0.6) is 23.0 Å². The molecule has 4 N–H and O–H groups in total. The molecule has 27 heavy (non-hydrogen) atoms. The molecule has 3 aromatic rings. The molecule has 3 rings (SSSR count). The van der Waals surface area contributed by atoms with Crippen molar-refractivity contribution in [3.8, 4) is 23.0 Å². The lowest BCUT2D eigenvalue weighted by atomic mass is 10.1. The van der Waals surface area contributed by atoms with Gasteiger partial charge < -0.3 is 30.2 Å². The third kappa shape index (κ3) is 3.74. The van der Waals surface area contributed by atoms with Gasteiger partial charge in [0.05, 0.1) is 24.7 Å². The van der Waals surface area contributed by atoms with Gasteiger partial charge in [-0.05, 0) is 30.7 Å². The molecule has 1 heterocycles. The van der Waals surface area contributed by atoms with Crippen LogP contribution in [0, 0.1) is 0 Å². The van der Waals surface area contributed by atoms with E-state index in [-0.39, 0.29) is 11.3 Å². The second kappa shape index (κ2) is 7.86. The van der Waals surface area contributed by atoms with Crippen LogP contribution >= 0.6 is 0 Å². The summed E-state index contributed by atoms with van der Waals surface area (Å²) in [5.41, 5.74) is 11.9. The Morgan fingerprint density at radius 3 is 2.74 bits per heavy atom. The molecule has 142 valence electrons. The third-order valence-corrected chi connectivity index (χ3v) is 3.99. The van der Waals surface area contributed by atoms with E-state index in [4.69, 9.17) is 30.2 Å². The Balaban J connectivity index is 1.97. The first-order chi connectivity index (χ1) is 13.0. The van der Waals surface area contributed by atoms with Gasteiger partial charge in [-0.15, -0.1) is 0 Å². The standard InChI is InChI=1S/C19H21N3O5/c1-3-4-9-25-16-13(19(21)23)7-8-14(17(16)24-2)26-11-5-6-12-15(10-11)27-22-18(12)20/h5-8,10H,3-4,9H2,1-2H3,(H2,20,22)(H2,21,23). The Morgan fingerprint density at radius 1 is 1.22 bits per heavy atom. The predicted molar refractivity (Wildman–Crippen MR) is 100 cm³/mol. The number of nitrogens with two attached hydrogens (primary N) is 2. The molecule has 8 nitrogen and oxygen atoms in total. The van der Waals surface area contributed by atoms with E-state index in [0.29, 0.717) is 40.6 Å². The van der Waals surface area contributed by atoms with E-state index in [1.807, 2.05) is 6.92 Å². The van der Waals surface area contributed by atoms with Crippen LogP contribution in [-0.2, 0) is 0 Å². The molecule has 0 radical (unpaired) electrons. The lowest BCUT2D eigenvalue weighted by Crippen LogP contribution is -2.14. The molecule has 0 aliphatic carbocycles. The number of methoxy groups -OCH3 is 1. The van der Waals surface area contributed by atoms with Crippen LogP contribution in [0.3, 0.4) is 0 Å². The molecule has 0 unspecified atom stereocenters. The van der Waals surface area contributed by atoms with Gasteiger partial charge in [0.2, 0.25) is 5.75 Å². The third-order valence-electron chi connectivity index (χ3n) is 3.99. The van der Waals surface area contributed by atoms with E-state index in [1.54, 1.807) is 30.3 Å². The minimum absolute atomic E-state index is 0.230. The van der Waals surface area contributed by atoms with Gasteiger partial charge in [0.25, 0.3) is 5.91 Å². The minimum atomic E-state index is -0.607. The van der Waals surface area contributed by atoms with Gasteiger partial charge in [0.1, 0.15) is 5.75 Å². The summed E-state index contributed by atoms with van der Waals surface area (Å²) in [5.74, 6) is 1.13. The first-order valence-corrected chi connectivity index (χ1v) is 8.51. The summed E-state index contributed by atoms with van der Waals surface area (Å²) < 4.78 is 22.3. The van der Waals surface area contributed by atoms with Gasteiger partial charge in [-0.25, -0.2) is 0 Å². The van der Waals surface area contributed by atoms with Crippen LogP contribution in [0.15, 0.2) is 34.9 Å². The topological polar surface area (TPSA) is 123 Å². The molecule has 1 aromatic heterocycles. The maximum atomic E-state index is 11.8. The van der Waals surface area contributed by atoms with E-state index in [1.165, 1.54) is 7.11 Å². The van der Waals surface area contributed by atoms with Gasteiger partial charge in [0.15, 0.2) is 22.9 Å². The molecule has 1 amide bonds. The maximum Gasteiger partial charge on any atom is 0.252 e. The van der Waals surface area contributed by atoms with E-state index < -0.39 is 5.91 Å². The molecule has 0 saturated carbocycles. The molecule has 2 aromatic carbocycles. The molecule has 0 bridgehead atoms. The summed E-state index contributed by atoms with van der Waals surface area (Å²) in [7, 11) is 1.47. The van der Waals surface area contributed by atoms with E-state index in [2.05, 4.69) is 5.16 Å². The largest absolute Gasteiger partial charge is 0.490 e. The average molecular weight is 371 g/mol. The molecular formula is C19H21N3O5. The number of hydrogen-bond donors (Lipinski definition) is 2. The molecule has 0 saturated heterocycles. The molecular weight excluding hydrogens is 350 g/mol. The van der Waals surface area contributed by atoms with Gasteiger partial charge in [-0.1, -0.05) is 18.5 Å². The quantitative estimate of drug-likeness (QED) is 0.581. The summed E-state index contributed by atoms with van der Waals surface area (Å²) >= 11 is 0. The summed E-state index contributed by atoms with van der Waals surface area (Å²) in [5, 5.41) is 4.41. The van der Waals surface area contributed by atoms with Crippen LogP contribution in [0.25, 0.3) is 11.0 Å². The highest BCUT2D eigenvalue weighted by atomic mass is 16.5. The van der Waals surface area contributed by atoms with Crippen molar-refractivity contribution in [1.82, 2.24) is 5.16 Å². The average Bonchev–Trinajstić information content (AvgIpc) is 3.02. The number of anilines is 1. The summed E-state index contributed by atoms with van der Waals surface area (Å²) in [6.45, 7) is 2.47. The number of carbonyl (C=O) groups is 1. The van der Waals surface area contributed by atoms with Crippen molar-refractivity contribution < 1.29 is 23.5 Å². The SMILES string of the molecule is CCCCOc1c(C(N)=O)ccc(Oc2ccc3c(N)noc3c2)c1OC. The monoisotopic (exact) mass is 371 g/mol. The van der Waals surface area contributed by atoms with Crippen LogP contribution in [0.2, 0.25) is 0 Å². The first-order valence-electron chi connectivity index (χ1n) is 8.51. The number of hydrogen-bond acceptors (Lipinski definition) is 7. The van der Waals surface area contributed by atoms with Crippen LogP contribution in [0.4, 0.5) is 5.82 Å². The zero-order valence-electron chi connectivity index (χ0n) is 15.2. The van der Waals surface area contributed by atoms with Crippen molar-refractivity contribution in [2.24, 2.45) is 5.73 Å². The molecule has 8 heteroatoms. The number of rotatable bonds is 8. The van der Waals surface area contributed by atoms with Crippen molar-refractivity contribution in [1.29, 1.82) is 0 Å². The minimum Gasteiger partial charge on any atom is -0.490 e. The number of benzene rings is 2. The van der Waals surface area contributed by atoms with E-state index in [9.17, 15) is 4.79 Å². The Hall–Kier alpha value is -3.42. The van der Waals surface area contributed by atoms with Crippen LogP contribution in [0.1, 0.15) is 30.1 Å². The maximum absolute atomic E-state index is 11.8. The summed E-state index contributed by atoms with van der Waals surface area (Å²) in [6, 6.07) is 8.29. The number of aromatic nitrogens is 1. The van der Waals surface area contributed by atoms with Crippen molar-refractivity contribution in [3.05, 3.63) is 35.9 Å². The number of ether oxygens (including phenoxy) is 3. The molecule has 0 spiro atoms. The van der Waals surface area contributed by atoms with Crippen molar-refractivity contribution in [3.63, 3.8) is 0 Å². The van der Waals surface area contributed by atoms with Gasteiger partial charge in [-0.3, -0.25) is 4.79 Å². The molecule has 0 fully saturated rings. The lowest BCUT2D eigenvalue weighted by molar-refractivity contribution is 0.0995. The number of nitrogens with zero attached hydrogens (tertiary/aromatic N) is 1. The van der Waals surface area contributed by atoms with Gasteiger partial charge in [-0.2, -0.15) is 0 Å². The van der Waals surface area contributed by atoms with Gasteiger partial charge in [0, 0.05) is 6.07 Å². The zero-order valence-corrected chi connectivity index (χ0v) is 15.2. The first kappa shape index (κ1) is 18.4. The number of nitrogen functional groups attached to an aromatic ring is 1. The fraction of sp³-hybridized carbons (Fsp3) is 0.263. The summed E-state index contributed by atoms with van der Waals surface area (Å²) in [6.07, 6.45) is 1.78. The second-order valence-corrected chi connectivity index (χ2v) is 5.87. The number of amides is 1. The Labute approximate surface area is 156 Å². The predicted octanol–water partition coefficient (Wildman–Crippen LogP) is 3.49. The molecule has 0 atom stereocenters. The van der Waals surface area contributed by atoms with Crippen molar-refractivity contribution in [2.45, 2.75) is 19.8 Å². The van der Waals surface area contributed by atoms with Crippen LogP contribution < -0.4 is 25.7 Å². The zero-order chi connectivity index (χ0) is 19.4. The lowest BCUT2D eigenvalue weighted by Gasteiger charge is -2.17. The second-order valence-electron chi connectivity index (χ2n) is 5.87. The van der Waals surface area contributed by atoms with E-state index >= 15 is 0 Å². The molecule has 0 aliphatic heterocycles. The Kier molecular flexibility index (Phi) is 5.35. The number of unbranched alkanes of at least 4 members (excludes halogenated alkanes) is 1. The smallest absolute Gasteiger partial charge is 0.252 e. The fourth-order valence-electron chi connectivity index (χ4n) is 2.60.